The number of hydrogen-bond acceptors (Lipinski definition) is 5. The van der Waals surface area contributed by atoms with Crippen molar-refractivity contribution < 1.29 is 22.3 Å². The first-order chi connectivity index (χ1) is 15.6. The molecule has 1 heterocycles. The average Bonchev–Trinajstić information content (AvgIpc) is 2.99. The predicted octanol–water partition coefficient (Wildman–Crippen LogP) is 3.93. The fourth-order valence-corrected chi connectivity index (χ4v) is 4.48. The summed E-state index contributed by atoms with van der Waals surface area (Å²) in [7, 11) is 0.593. The normalized spacial score (nSPS) is 11.5. The van der Waals surface area contributed by atoms with Crippen LogP contribution in [-0.2, 0) is 24.1 Å². The van der Waals surface area contributed by atoms with E-state index in [1.807, 2.05) is 0 Å². The van der Waals surface area contributed by atoms with Gasteiger partial charge in [-0.1, -0.05) is 6.07 Å². The number of fused-ring (bicyclic) bond motifs is 1. The SMILES string of the molecule is COc1ccc(Oc2cc3c(cc2NS(=O)(=O)c2ccc(C)c(F)c2)n(C)c(=O)n3C)cc1. The number of nitrogens with zero attached hydrogens (tertiary/aromatic N) is 2. The first-order valence-electron chi connectivity index (χ1n) is 9.91. The highest BCUT2D eigenvalue weighted by molar-refractivity contribution is 7.92. The Morgan fingerprint density at radius 1 is 0.909 bits per heavy atom. The van der Waals surface area contributed by atoms with Gasteiger partial charge in [-0.2, -0.15) is 0 Å². The van der Waals surface area contributed by atoms with Crippen LogP contribution < -0.4 is 19.9 Å². The lowest BCUT2D eigenvalue weighted by molar-refractivity contribution is 0.413. The Balaban J connectivity index is 1.83. The van der Waals surface area contributed by atoms with Crippen LogP contribution in [0.15, 0.2) is 64.3 Å². The molecule has 0 unspecified atom stereocenters. The number of benzene rings is 3. The van der Waals surface area contributed by atoms with Crippen LogP contribution in [0.4, 0.5) is 10.1 Å². The standard InChI is InChI=1S/C23H22FN3O5S/c1-14-5-10-17(11-18(14)24)33(29,30)25-19-12-20-21(27(3)23(28)26(20)2)13-22(19)32-16-8-6-15(31-4)7-9-16/h5-13,25H,1-4H3. The molecule has 1 aromatic heterocycles. The molecule has 3 aromatic carbocycles. The molecule has 172 valence electrons. The van der Waals surface area contributed by atoms with Crippen molar-refractivity contribution >= 4 is 26.7 Å². The fourth-order valence-electron chi connectivity index (χ4n) is 3.41. The number of ether oxygens (including phenoxy) is 2. The molecular formula is C23H22FN3O5S. The average molecular weight is 472 g/mol. The number of imidazole rings is 1. The number of hydrogen-bond donors (Lipinski definition) is 1. The Morgan fingerprint density at radius 3 is 2.12 bits per heavy atom. The third-order valence-corrected chi connectivity index (χ3v) is 6.72. The zero-order valence-electron chi connectivity index (χ0n) is 18.4. The van der Waals surface area contributed by atoms with E-state index in [4.69, 9.17) is 9.47 Å². The van der Waals surface area contributed by atoms with Crippen LogP contribution in [-0.4, -0.2) is 24.7 Å². The molecule has 0 bridgehead atoms. The van der Waals surface area contributed by atoms with Crippen LogP contribution in [0.3, 0.4) is 0 Å². The van der Waals surface area contributed by atoms with Crippen molar-refractivity contribution in [2.24, 2.45) is 14.1 Å². The van der Waals surface area contributed by atoms with Crippen molar-refractivity contribution in [3.63, 3.8) is 0 Å². The van der Waals surface area contributed by atoms with Crippen molar-refractivity contribution in [2.45, 2.75) is 11.8 Å². The lowest BCUT2D eigenvalue weighted by Crippen LogP contribution is -2.19. The van der Waals surface area contributed by atoms with Gasteiger partial charge < -0.3 is 9.47 Å². The van der Waals surface area contributed by atoms with Gasteiger partial charge in [0.25, 0.3) is 10.0 Å². The van der Waals surface area contributed by atoms with Gasteiger partial charge in [-0.05, 0) is 55.0 Å². The first kappa shape index (κ1) is 22.4. The van der Waals surface area contributed by atoms with Crippen LogP contribution in [0, 0.1) is 12.7 Å². The summed E-state index contributed by atoms with van der Waals surface area (Å²) in [5.74, 6) is 0.599. The summed E-state index contributed by atoms with van der Waals surface area (Å²) in [6, 6.07) is 13.5. The van der Waals surface area contributed by atoms with Gasteiger partial charge in [0.15, 0.2) is 5.75 Å². The van der Waals surface area contributed by atoms with Gasteiger partial charge >= 0.3 is 5.69 Å². The van der Waals surface area contributed by atoms with E-state index in [0.29, 0.717) is 28.1 Å². The molecule has 0 spiro atoms. The number of nitrogens with one attached hydrogen (secondary N) is 1. The molecule has 0 radical (unpaired) electrons. The molecule has 0 saturated carbocycles. The number of anilines is 1. The van der Waals surface area contributed by atoms with E-state index in [2.05, 4.69) is 4.72 Å². The number of methoxy groups -OCH3 is 1. The van der Waals surface area contributed by atoms with Gasteiger partial charge in [-0.25, -0.2) is 17.6 Å². The molecule has 0 amide bonds. The molecule has 10 heteroatoms. The highest BCUT2D eigenvalue weighted by Gasteiger charge is 2.21. The highest BCUT2D eigenvalue weighted by atomic mass is 32.2. The minimum atomic E-state index is -4.15. The molecule has 0 saturated heterocycles. The summed E-state index contributed by atoms with van der Waals surface area (Å²) in [5.41, 5.74) is 1.20. The van der Waals surface area contributed by atoms with Gasteiger partial charge in [-0.3, -0.25) is 13.9 Å². The third kappa shape index (κ3) is 4.17. The molecule has 33 heavy (non-hydrogen) atoms. The van der Waals surface area contributed by atoms with Gasteiger partial charge in [0.05, 0.1) is 28.7 Å². The van der Waals surface area contributed by atoms with Crippen molar-refractivity contribution in [3.8, 4) is 17.2 Å². The second kappa shape index (κ2) is 8.28. The summed E-state index contributed by atoms with van der Waals surface area (Å²) in [6.07, 6.45) is 0. The summed E-state index contributed by atoms with van der Waals surface area (Å²) in [5, 5.41) is 0. The quantitative estimate of drug-likeness (QED) is 0.460. The maximum absolute atomic E-state index is 14.0. The molecule has 0 fully saturated rings. The minimum absolute atomic E-state index is 0.0977. The third-order valence-electron chi connectivity index (χ3n) is 5.36. The number of aromatic nitrogens is 2. The van der Waals surface area contributed by atoms with Gasteiger partial charge in [0, 0.05) is 20.2 Å². The van der Waals surface area contributed by atoms with E-state index in [1.165, 1.54) is 27.3 Å². The lowest BCUT2D eigenvalue weighted by atomic mass is 10.2. The summed E-state index contributed by atoms with van der Waals surface area (Å²) >= 11 is 0. The van der Waals surface area contributed by atoms with E-state index in [-0.39, 0.29) is 22.0 Å². The van der Waals surface area contributed by atoms with Crippen LogP contribution in [0.1, 0.15) is 5.56 Å². The van der Waals surface area contributed by atoms with Crippen LogP contribution in [0.5, 0.6) is 17.2 Å². The predicted molar refractivity (Wildman–Crippen MR) is 123 cm³/mol. The maximum atomic E-state index is 14.0. The second-order valence-corrected chi connectivity index (χ2v) is 9.21. The molecule has 4 aromatic rings. The number of aryl methyl sites for hydroxylation is 3. The monoisotopic (exact) mass is 471 g/mol. The van der Waals surface area contributed by atoms with Crippen LogP contribution >= 0.6 is 0 Å². The van der Waals surface area contributed by atoms with Crippen molar-refractivity contribution in [1.82, 2.24) is 9.13 Å². The topological polar surface area (TPSA) is 91.6 Å². The van der Waals surface area contributed by atoms with E-state index < -0.39 is 15.8 Å². The molecule has 0 atom stereocenters. The Morgan fingerprint density at radius 2 is 1.52 bits per heavy atom. The molecule has 0 aliphatic heterocycles. The van der Waals surface area contributed by atoms with Crippen molar-refractivity contribution in [3.05, 3.63) is 76.5 Å². The zero-order chi connectivity index (χ0) is 23.9. The largest absolute Gasteiger partial charge is 0.497 e. The summed E-state index contributed by atoms with van der Waals surface area (Å²) < 4.78 is 56.5. The van der Waals surface area contributed by atoms with Crippen LogP contribution in [0.2, 0.25) is 0 Å². The highest BCUT2D eigenvalue weighted by Crippen LogP contribution is 2.35. The number of halogens is 1. The maximum Gasteiger partial charge on any atom is 0.328 e. The van der Waals surface area contributed by atoms with E-state index in [0.717, 1.165) is 6.07 Å². The van der Waals surface area contributed by atoms with E-state index >= 15 is 0 Å². The van der Waals surface area contributed by atoms with Gasteiger partial charge in [0.2, 0.25) is 0 Å². The first-order valence-corrected chi connectivity index (χ1v) is 11.4. The van der Waals surface area contributed by atoms with Crippen LogP contribution in [0.25, 0.3) is 11.0 Å². The van der Waals surface area contributed by atoms with Crippen molar-refractivity contribution in [2.75, 3.05) is 11.8 Å². The number of sulfonamides is 1. The Labute approximate surface area is 189 Å². The molecule has 8 nitrogen and oxygen atoms in total. The molecule has 0 aliphatic carbocycles. The van der Waals surface area contributed by atoms with Gasteiger partial charge in [0.1, 0.15) is 17.3 Å². The van der Waals surface area contributed by atoms with Crippen molar-refractivity contribution in [1.29, 1.82) is 0 Å². The Hall–Kier alpha value is -3.79. The second-order valence-electron chi connectivity index (χ2n) is 7.53. The lowest BCUT2D eigenvalue weighted by Gasteiger charge is -2.15. The fraction of sp³-hybridized carbons (Fsp3) is 0.174. The number of rotatable bonds is 6. The summed E-state index contributed by atoms with van der Waals surface area (Å²) in [4.78, 5) is 12.2. The summed E-state index contributed by atoms with van der Waals surface area (Å²) in [6.45, 7) is 1.55. The molecule has 4 rings (SSSR count). The zero-order valence-corrected chi connectivity index (χ0v) is 19.2. The van der Waals surface area contributed by atoms with E-state index in [9.17, 15) is 17.6 Å². The Bertz CT molecular complexity index is 1520. The van der Waals surface area contributed by atoms with Gasteiger partial charge in [-0.15, -0.1) is 0 Å². The minimum Gasteiger partial charge on any atom is -0.497 e. The Kier molecular flexibility index (Phi) is 5.62. The van der Waals surface area contributed by atoms with E-state index in [1.54, 1.807) is 58.5 Å². The molecule has 0 aliphatic rings. The smallest absolute Gasteiger partial charge is 0.328 e. The molecular weight excluding hydrogens is 449 g/mol. The molecule has 1 N–H and O–H groups in total.